The van der Waals surface area contributed by atoms with Crippen molar-refractivity contribution in [1.29, 1.82) is 0 Å². The lowest BCUT2D eigenvalue weighted by Gasteiger charge is -2.09. The number of aromatic nitrogens is 2. The molecule has 5 heteroatoms. The molecule has 2 aromatic carbocycles. The lowest BCUT2D eigenvalue weighted by atomic mass is 10.1. The van der Waals surface area contributed by atoms with Crippen LogP contribution in [-0.2, 0) is 6.54 Å². The molecule has 0 radical (unpaired) electrons. The molecule has 5 nitrogen and oxygen atoms in total. The third kappa shape index (κ3) is 2.72. The maximum absolute atomic E-state index is 12.2. The van der Waals surface area contributed by atoms with Crippen LogP contribution in [0.2, 0.25) is 0 Å². The van der Waals surface area contributed by atoms with E-state index in [9.17, 15) is 4.79 Å². The quantitative estimate of drug-likeness (QED) is 0.772. The molecule has 0 aliphatic carbocycles. The number of imidazole rings is 1. The summed E-state index contributed by atoms with van der Waals surface area (Å²) in [6, 6.07) is 13.0. The van der Waals surface area contributed by atoms with Crippen molar-refractivity contribution in [1.82, 2.24) is 15.3 Å². The Hall–Kier alpha value is -2.82. The van der Waals surface area contributed by atoms with Crippen molar-refractivity contribution in [3.63, 3.8) is 0 Å². The molecule has 106 valence electrons. The van der Waals surface area contributed by atoms with Gasteiger partial charge in [-0.05, 0) is 29.8 Å². The largest absolute Gasteiger partial charge is 0.496 e. The van der Waals surface area contributed by atoms with Crippen LogP contribution in [0.5, 0.6) is 5.75 Å². The predicted octanol–water partition coefficient (Wildman–Crippen LogP) is 2.50. The van der Waals surface area contributed by atoms with Crippen molar-refractivity contribution in [2.45, 2.75) is 6.54 Å². The number of methoxy groups -OCH3 is 1. The molecule has 3 rings (SSSR count). The van der Waals surface area contributed by atoms with Crippen LogP contribution >= 0.6 is 0 Å². The molecule has 21 heavy (non-hydrogen) atoms. The van der Waals surface area contributed by atoms with E-state index in [-0.39, 0.29) is 5.91 Å². The standard InChI is InChI=1S/C16H15N3O2/c1-21-15-5-3-2-4-12(15)16(20)17-9-11-6-7-13-14(8-11)19-10-18-13/h2-8,10H,9H2,1H3,(H,17,20)(H,18,19). The fourth-order valence-electron chi connectivity index (χ4n) is 2.20. The molecular weight excluding hydrogens is 266 g/mol. The van der Waals surface area contributed by atoms with Crippen LogP contribution in [0.4, 0.5) is 0 Å². The van der Waals surface area contributed by atoms with Gasteiger partial charge >= 0.3 is 0 Å². The van der Waals surface area contributed by atoms with E-state index in [0.717, 1.165) is 16.6 Å². The summed E-state index contributed by atoms with van der Waals surface area (Å²) < 4.78 is 5.19. The van der Waals surface area contributed by atoms with Gasteiger partial charge < -0.3 is 15.0 Å². The van der Waals surface area contributed by atoms with Gasteiger partial charge in [-0.3, -0.25) is 4.79 Å². The first-order valence-corrected chi connectivity index (χ1v) is 6.61. The number of nitrogens with zero attached hydrogens (tertiary/aromatic N) is 1. The molecule has 0 aliphatic rings. The second-order valence-corrected chi connectivity index (χ2v) is 4.64. The van der Waals surface area contributed by atoms with Gasteiger partial charge in [0.05, 0.1) is 30.0 Å². The predicted molar refractivity (Wildman–Crippen MR) is 80.3 cm³/mol. The second kappa shape index (κ2) is 5.66. The van der Waals surface area contributed by atoms with Gasteiger partial charge in [0.25, 0.3) is 5.91 Å². The van der Waals surface area contributed by atoms with E-state index in [1.165, 1.54) is 0 Å². The van der Waals surface area contributed by atoms with Gasteiger partial charge in [-0.2, -0.15) is 0 Å². The van der Waals surface area contributed by atoms with E-state index in [4.69, 9.17) is 4.74 Å². The Bertz CT molecular complexity index is 780. The van der Waals surface area contributed by atoms with E-state index < -0.39 is 0 Å². The van der Waals surface area contributed by atoms with E-state index >= 15 is 0 Å². The van der Waals surface area contributed by atoms with Crippen molar-refractivity contribution < 1.29 is 9.53 Å². The average Bonchev–Trinajstić information content (AvgIpc) is 3.00. The van der Waals surface area contributed by atoms with Crippen LogP contribution in [0.15, 0.2) is 48.8 Å². The molecule has 0 saturated heterocycles. The van der Waals surface area contributed by atoms with Gasteiger partial charge in [-0.25, -0.2) is 4.98 Å². The number of ether oxygens (including phenoxy) is 1. The van der Waals surface area contributed by atoms with Crippen LogP contribution in [0.3, 0.4) is 0 Å². The number of benzene rings is 2. The monoisotopic (exact) mass is 281 g/mol. The summed E-state index contributed by atoms with van der Waals surface area (Å²) in [7, 11) is 1.55. The number of carbonyl (C=O) groups is 1. The summed E-state index contributed by atoms with van der Waals surface area (Å²) in [5.41, 5.74) is 3.41. The minimum absolute atomic E-state index is 0.155. The van der Waals surface area contributed by atoms with Gasteiger partial charge in [-0.15, -0.1) is 0 Å². The number of H-pyrrole nitrogens is 1. The summed E-state index contributed by atoms with van der Waals surface area (Å²) in [5.74, 6) is 0.413. The molecule has 1 aromatic heterocycles. The van der Waals surface area contributed by atoms with Crippen molar-refractivity contribution in [3.8, 4) is 5.75 Å². The first-order valence-electron chi connectivity index (χ1n) is 6.61. The van der Waals surface area contributed by atoms with Crippen molar-refractivity contribution in [2.75, 3.05) is 7.11 Å². The Kier molecular flexibility index (Phi) is 3.55. The second-order valence-electron chi connectivity index (χ2n) is 4.64. The van der Waals surface area contributed by atoms with E-state index in [1.54, 1.807) is 25.6 Å². The molecular formula is C16H15N3O2. The van der Waals surface area contributed by atoms with Crippen LogP contribution in [0.25, 0.3) is 11.0 Å². The van der Waals surface area contributed by atoms with Gasteiger partial charge in [0.15, 0.2) is 0 Å². The molecule has 1 amide bonds. The highest BCUT2D eigenvalue weighted by Crippen LogP contribution is 2.17. The number of rotatable bonds is 4. The zero-order valence-corrected chi connectivity index (χ0v) is 11.6. The zero-order chi connectivity index (χ0) is 14.7. The maximum atomic E-state index is 12.2. The summed E-state index contributed by atoms with van der Waals surface area (Å²) in [6.45, 7) is 0.450. The Morgan fingerprint density at radius 1 is 1.29 bits per heavy atom. The Morgan fingerprint density at radius 3 is 3.00 bits per heavy atom. The van der Waals surface area contributed by atoms with Gasteiger partial charge in [-0.1, -0.05) is 18.2 Å². The van der Waals surface area contributed by atoms with E-state index in [0.29, 0.717) is 17.9 Å². The normalized spacial score (nSPS) is 10.5. The lowest BCUT2D eigenvalue weighted by molar-refractivity contribution is 0.0948. The average molecular weight is 281 g/mol. The third-order valence-electron chi connectivity index (χ3n) is 3.29. The van der Waals surface area contributed by atoms with Crippen molar-refractivity contribution >= 4 is 16.9 Å². The number of hydrogen-bond acceptors (Lipinski definition) is 3. The van der Waals surface area contributed by atoms with Crippen LogP contribution in [-0.4, -0.2) is 23.0 Å². The summed E-state index contributed by atoms with van der Waals surface area (Å²) in [5, 5.41) is 2.89. The number of fused-ring (bicyclic) bond motifs is 1. The molecule has 0 aliphatic heterocycles. The summed E-state index contributed by atoms with van der Waals surface area (Å²) in [4.78, 5) is 19.4. The van der Waals surface area contributed by atoms with Crippen molar-refractivity contribution in [3.05, 3.63) is 59.9 Å². The highest BCUT2D eigenvalue weighted by molar-refractivity contribution is 5.96. The number of aromatic amines is 1. The topological polar surface area (TPSA) is 67.0 Å². The fourth-order valence-corrected chi connectivity index (χ4v) is 2.20. The molecule has 0 saturated carbocycles. The Labute approximate surface area is 122 Å². The first-order chi connectivity index (χ1) is 10.3. The number of hydrogen-bond donors (Lipinski definition) is 2. The minimum Gasteiger partial charge on any atom is -0.496 e. The first kappa shape index (κ1) is 13.2. The molecule has 0 atom stereocenters. The maximum Gasteiger partial charge on any atom is 0.255 e. The van der Waals surface area contributed by atoms with Gasteiger partial charge in [0.1, 0.15) is 5.75 Å². The zero-order valence-electron chi connectivity index (χ0n) is 11.6. The minimum atomic E-state index is -0.155. The lowest BCUT2D eigenvalue weighted by Crippen LogP contribution is -2.23. The number of para-hydroxylation sites is 1. The molecule has 1 heterocycles. The molecule has 0 unspecified atom stereocenters. The van der Waals surface area contributed by atoms with Crippen molar-refractivity contribution in [2.24, 2.45) is 0 Å². The number of nitrogens with one attached hydrogen (secondary N) is 2. The van der Waals surface area contributed by atoms with Gasteiger partial charge in [0.2, 0.25) is 0 Å². The summed E-state index contributed by atoms with van der Waals surface area (Å²) >= 11 is 0. The molecule has 0 bridgehead atoms. The highest BCUT2D eigenvalue weighted by atomic mass is 16.5. The van der Waals surface area contributed by atoms with Gasteiger partial charge in [0, 0.05) is 6.54 Å². The third-order valence-corrected chi connectivity index (χ3v) is 3.29. The number of amides is 1. The molecule has 2 N–H and O–H groups in total. The molecule has 0 spiro atoms. The SMILES string of the molecule is COc1ccccc1C(=O)NCc1ccc2nc[nH]c2c1. The van der Waals surface area contributed by atoms with Crippen LogP contribution in [0, 0.1) is 0 Å². The van der Waals surface area contributed by atoms with E-state index in [1.807, 2.05) is 30.3 Å². The summed E-state index contributed by atoms with van der Waals surface area (Å²) in [6.07, 6.45) is 1.65. The van der Waals surface area contributed by atoms with Crippen LogP contribution < -0.4 is 10.1 Å². The highest BCUT2D eigenvalue weighted by Gasteiger charge is 2.10. The smallest absolute Gasteiger partial charge is 0.255 e. The van der Waals surface area contributed by atoms with E-state index in [2.05, 4.69) is 15.3 Å². The van der Waals surface area contributed by atoms with Crippen LogP contribution in [0.1, 0.15) is 15.9 Å². The molecule has 0 fully saturated rings. The Balaban J connectivity index is 1.73. The molecule has 3 aromatic rings. The number of carbonyl (C=O) groups excluding carboxylic acids is 1. The fraction of sp³-hybridized carbons (Fsp3) is 0.125. The Morgan fingerprint density at radius 2 is 2.14 bits per heavy atom.